The Morgan fingerprint density at radius 3 is 2.45 bits per heavy atom. The fraction of sp³-hybridized carbons (Fsp3) is 0.250. The molecule has 0 aliphatic rings. The van der Waals surface area contributed by atoms with Crippen LogP contribution >= 0.6 is 11.8 Å². The summed E-state index contributed by atoms with van der Waals surface area (Å²) in [5, 5.41) is 11.2. The van der Waals surface area contributed by atoms with Gasteiger partial charge in [-0.1, -0.05) is 53.7 Å². The molecular weight excluding hydrogens is 401 g/mol. The maximum atomic E-state index is 13.1. The maximum Gasteiger partial charge on any atom is 0.418 e. The molecule has 0 saturated heterocycles. The smallest absolute Gasteiger partial charge is 0.325 e. The van der Waals surface area contributed by atoms with E-state index in [1.165, 1.54) is 18.2 Å². The van der Waals surface area contributed by atoms with E-state index >= 15 is 0 Å². The average Bonchev–Trinajstić information content (AvgIpc) is 3.09. The fourth-order valence-electron chi connectivity index (χ4n) is 2.75. The number of halogens is 3. The molecule has 0 saturated carbocycles. The van der Waals surface area contributed by atoms with Crippen LogP contribution in [0, 0.1) is 6.92 Å². The molecule has 0 atom stereocenters. The quantitative estimate of drug-likeness (QED) is 0.569. The number of carbonyl (C=O) groups excluding carboxylic acids is 1. The minimum Gasteiger partial charge on any atom is -0.325 e. The van der Waals surface area contributed by atoms with Crippen molar-refractivity contribution in [3.8, 4) is 11.4 Å². The molecule has 0 aliphatic carbocycles. The summed E-state index contributed by atoms with van der Waals surface area (Å²) in [7, 11) is 0. The van der Waals surface area contributed by atoms with Gasteiger partial charge in [-0.3, -0.25) is 4.79 Å². The Bertz CT molecular complexity index is 1000. The first-order chi connectivity index (χ1) is 13.8. The lowest BCUT2D eigenvalue weighted by Crippen LogP contribution is -2.18. The number of alkyl halides is 3. The lowest BCUT2D eigenvalue weighted by atomic mass is 10.1. The number of nitrogens with one attached hydrogen (secondary N) is 1. The molecule has 1 heterocycles. The molecule has 0 aliphatic heterocycles. The highest BCUT2D eigenvalue weighted by atomic mass is 32.2. The number of benzene rings is 2. The van der Waals surface area contributed by atoms with Gasteiger partial charge in [-0.2, -0.15) is 13.2 Å². The van der Waals surface area contributed by atoms with E-state index < -0.39 is 17.6 Å². The van der Waals surface area contributed by atoms with E-state index in [0.717, 1.165) is 29.0 Å². The SMILES string of the molecule is CCn1c(SCC(=O)Nc2ccccc2C(F)(F)F)nnc1-c1ccc(C)cc1. The summed E-state index contributed by atoms with van der Waals surface area (Å²) in [5.41, 5.74) is 0.890. The highest BCUT2D eigenvalue weighted by molar-refractivity contribution is 7.99. The molecule has 1 aromatic heterocycles. The van der Waals surface area contributed by atoms with Crippen LogP contribution in [0.2, 0.25) is 0 Å². The summed E-state index contributed by atoms with van der Waals surface area (Å²) in [6.07, 6.45) is -4.54. The van der Waals surface area contributed by atoms with Crippen molar-refractivity contribution in [2.45, 2.75) is 31.7 Å². The first-order valence-electron chi connectivity index (χ1n) is 8.88. The van der Waals surface area contributed by atoms with Gasteiger partial charge in [0.2, 0.25) is 5.91 Å². The molecule has 3 rings (SSSR count). The van der Waals surface area contributed by atoms with Crippen molar-refractivity contribution in [3.63, 3.8) is 0 Å². The number of thioether (sulfide) groups is 1. The van der Waals surface area contributed by atoms with Gasteiger partial charge >= 0.3 is 6.18 Å². The van der Waals surface area contributed by atoms with E-state index in [0.29, 0.717) is 17.5 Å². The first-order valence-corrected chi connectivity index (χ1v) is 9.87. The zero-order valence-corrected chi connectivity index (χ0v) is 16.6. The molecule has 5 nitrogen and oxygen atoms in total. The van der Waals surface area contributed by atoms with Gasteiger partial charge < -0.3 is 9.88 Å². The summed E-state index contributed by atoms with van der Waals surface area (Å²) in [6.45, 7) is 4.52. The molecule has 2 aromatic carbocycles. The molecule has 0 unspecified atom stereocenters. The average molecular weight is 420 g/mol. The summed E-state index contributed by atoms with van der Waals surface area (Å²) < 4.78 is 41.0. The maximum absolute atomic E-state index is 13.1. The van der Waals surface area contributed by atoms with E-state index in [2.05, 4.69) is 15.5 Å². The number of aryl methyl sites for hydroxylation is 1. The van der Waals surface area contributed by atoms with Crippen LogP contribution in [0.3, 0.4) is 0 Å². The Hall–Kier alpha value is -2.81. The van der Waals surface area contributed by atoms with Crippen molar-refractivity contribution in [1.82, 2.24) is 14.8 Å². The van der Waals surface area contributed by atoms with Crippen molar-refractivity contribution in [2.75, 3.05) is 11.1 Å². The number of nitrogens with zero attached hydrogens (tertiary/aromatic N) is 3. The Morgan fingerprint density at radius 2 is 1.79 bits per heavy atom. The van der Waals surface area contributed by atoms with Crippen LogP contribution in [0.1, 0.15) is 18.1 Å². The lowest BCUT2D eigenvalue weighted by Gasteiger charge is -2.13. The molecule has 0 fully saturated rings. The molecule has 0 spiro atoms. The number of hydrogen-bond acceptors (Lipinski definition) is 4. The number of aromatic nitrogens is 3. The third-order valence-corrected chi connectivity index (χ3v) is 5.15. The molecule has 1 N–H and O–H groups in total. The monoisotopic (exact) mass is 420 g/mol. The largest absolute Gasteiger partial charge is 0.418 e. The van der Waals surface area contributed by atoms with Crippen molar-refractivity contribution in [3.05, 3.63) is 59.7 Å². The number of para-hydroxylation sites is 1. The van der Waals surface area contributed by atoms with Crippen molar-refractivity contribution in [2.24, 2.45) is 0 Å². The van der Waals surface area contributed by atoms with E-state index in [-0.39, 0.29) is 11.4 Å². The van der Waals surface area contributed by atoms with Gasteiger partial charge in [-0.15, -0.1) is 10.2 Å². The van der Waals surface area contributed by atoms with Crippen LogP contribution in [-0.4, -0.2) is 26.4 Å². The highest BCUT2D eigenvalue weighted by Gasteiger charge is 2.33. The zero-order chi connectivity index (χ0) is 21.0. The second kappa shape index (κ2) is 8.69. The van der Waals surface area contributed by atoms with E-state index in [1.807, 2.05) is 42.7 Å². The zero-order valence-electron chi connectivity index (χ0n) is 15.8. The number of rotatable bonds is 6. The predicted octanol–water partition coefficient (Wildman–Crippen LogP) is 5.02. The Labute approximate surface area is 170 Å². The van der Waals surface area contributed by atoms with Crippen LogP contribution in [0.15, 0.2) is 53.7 Å². The second-order valence-corrected chi connectivity index (χ2v) is 7.24. The van der Waals surface area contributed by atoms with E-state index in [1.54, 1.807) is 0 Å². The van der Waals surface area contributed by atoms with Crippen LogP contribution in [0.4, 0.5) is 18.9 Å². The second-order valence-electron chi connectivity index (χ2n) is 6.30. The Morgan fingerprint density at radius 1 is 1.10 bits per heavy atom. The molecule has 3 aromatic rings. The molecule has 29 heavy (non-hydrogen) atoms. The van der Waals surface area contributed by atoms with Gasteiger partial charge in [0.05, 0.1) is 17.0 Å². The normalized spacial score (nSPS) is 11.5. The molecule has 0 radical (unpaired) electrons. The van der Waals surface area contributed by atoms with Crippen LogP contribution in [-0.2, 0) is 17.5 Å². The summed E-state index contributed by atoms with van der Waals surface area (Å²) in [5.74, 6) is 0.0464. The van der Waals surface area contributed by atoms with Crippen molar-refractivity contribution < 1.29 is 18.0 Å². The Kier molecular flexibility index (Phi) is 6.26. The third-order valence-electron chi connectivity index (χ3n) is 4.18. The van der Waals surface area contributed by atoms with Gasteiger partial charge in [-0.05, 0) is 26.0 Å². The molecule has 1 amide bonds. The fourth-order valence-corrected chi connectivity index (χ4v) is 3.55. The van der Waals surface area contributed by atoms with Gasteiger partial charge in [0.1, 0.15) is 0 Å². The first kappa shape index (κ1) is 20.9. The molecule has 152 valence electrons. The van der Waals surface area contributed by atoms with Gasteiger partial charge in [0.15, 0.2) is 11.0 Å². The minimum absolute atomic E-state index is 0.0851. The van der Waals surface area contributed by atoms with Gasteiger partial charge in [0.25, 0.3) is 0 Å². The molecule has 9 heteroatoms. The molecular formula is C20H19F3N4OS. The van der Waals surface area contributed by atoms with Crippen LogP contribution in [0.25, 0.3) is 11.4 Å². The summed E-state index contributed by atoms with van der Waals surface area (Å²) in [4.78, 5) is 12.2. The highest BCUT2D eigenvalue weighted by Crippen LogP contribution is 2.34. The van der Waals surface area contributed by atoms with E-state index in [4.69, 9.17) is 0 Å². The number of anilines is 1. The predicted molar refractivity (Wildman–Crippen MR) is 107 cm³/mol. The van der Waals surface area contributed by atoms with Crippen LogP contribution in [0.5, 0.6) is 0 Å². The number of amides is 1. The summed E-state index contributed by atoms with van der Waals surface area (Å²) >= 11 is 1.13. The van der Waals surface area contributed by atoms with Crippen molar-refractivity contribution >= 4 is 23.4 Å². The molecule has 0 bridgehead atoms. The summed E-state index contributed by atoms with van der Waals surface area (Å²) in [6, 6.07) is 12.7. The van der Waals surface area contributed by atoms with Gasteiger partial charge in [-0.25, -0.2) is 0 Å². The lowest BCUT2D eigenvalue weighted by molar-refractivity contribution is -0.137. The van der Waals surface area contributed by atoms with Gasteiger partial charge in [0, 0.05) is 12.1 Å². The topological polar surface area (TPSA) is 59.8 Å². The number of carbonyl (C=O) groups is 1. The minimum atomic E-state index is -4.54. The van der Waals surface area contributed by atoms with Crippen LogP contribution < -0.4 is 5.32 Å². The third kappa shape index (κ3) is 4.97. The Balaban J connectivity index is 1.71. The standard InChI is InChI=1S/C20H19F3N4OS/c1-3-27-18(14-10-8-13(2)9-11-14)25-26-19(27)29-12-17(28)24-16-7-5-4-6-15(16)20(21,22)23/h4-11H,3,12H2,1-2H3,(H,24,28). The number of hydrogen-bond donors (Lipinski definition) is 1. The van der Waals surface area contributed by atoms with Crippen molar-refractivity contribution in [1.29, 1.82) is 0 Å². The van der Waals surface area contributed by atoms with E-state index in [9.17, 15) is 18.0 Å².